The molecule has 2 aromatic rings. The summed E-state index contributed by atoms with van der Waals surface area (Å²) in [6, 6.07) is 6.14. The van der Waals surface area contributed by atoms with E-state index in [4.69, 9.17) is 5.73 Å². The predicted octanol–water partition coefficient (Wildman–Crippen LogP) is 3.81. The van der Waals surface area contributed by atoms with Gasteiger partial charge in [0.2, 0.25) is 0 Å². The number of hydrogen-bond acceptors (Lipinski definition) is 3. The second-order valence-corrected chi connectivity index (χ2v) is 6.39. The fourth-order valence-corrected chi connectivity index (χ4v) is 2.70. The zero-order valence-corrected chi connectivity index (χ0v) is 13.8. The molecule has 2 rings (SSSR count). The topological polar surface area (TPSA) is 63.3 Å². The molecule has 0 fully saturated rings. The molecule has 21 heavy (non-hydrogen) atoms. The summed E-state index contributed by atoms with van der Waals surface area (Å²) < 4.78 is 0. The number of nitrogens with one attached hydrogen (secondary N) is 1. The van der Waals surface area contributed by atoms with Crippen molar-refractivity contribution in [2.75, 3.05) is 5.32 Å². The molecule has 0 saturated heterocycles. The van der Waals surface area contributed by atoms with E-state index in [1.807, 2.05) is 6.07 Å². The molecule has 0 saturated carbocycles. The highest BCUT2D eigenvalue weighted by molar-refractivity contribution is 7.09. The van der Waals surface area contributed by atoms with Crippen LogP contribution in [0.2, 0.25) is 0 Å². The second kappa shape index (κ2) is 6.72. The maximum atomic E-state index is 5.92. The van der Waals surface area contributed by atoms with Gasteiger partial charge in [0.1, 0.15) is 5.01 Å². The summed E-state index contributed by atoms with van der Waals surface area (Å²) in [6.45, 7) is 8.96. The van der Waals surface area contributed by atoms with E-state index in [2.05, 4.69) is 60.5 Å². The Morgan fingerprint density at radius 3 is 2.71 bits per heavy atom. The first kappa shape index (κ1) is 15.5. The van der Waals surface area contributed by atoms with Crippen LogP contribution in [0.15, 0.2) is 28.6 Å². The number of anilines is 1. The Bertz CT molecular complexity index is 643. The Labute approximate surface area is 130 Å². The van der Waals surface area contributed by atoms with Crippen molar-refractivity contribution >= 4 is 23.0 Å². The van der Waals surface area contributed by atoms with Gasteiger partial charge in [0.15, 0.2) is 5.96 Å². The van der Waals surface area contributed by atoms with Crippen LogP contribution >= 0.6 is 11.3 Å². The largest absolute Gasteiger partial charge is 0.370 e. The van der Waals surface area contributed by atoms with Crippen LogP contribution in [0, 0.1) is 13.8 Å². The van der Waals surface area contributed by atoms with Crippen molar-refractivity contribution in [3.8, 4) is 0 Å². The smallest absolute Gasteiger partial charge is 0.193 e. The van der Waals surface area contributed by atoms with E-state index in [1.54, 1.807) is 11.3 Å². The van der Waals surface area contributed by atoms with Gasteiger partial charge in [-0.2, -0.15) is 0 Å². The summed E-state index contributed by atoms with van der Waals surface area (Å²) in [5, 5.41) is 6.19. The van der Waals surface area contributed by atoms with Gasteiger partial charge >= 0.3 is 0 Å². The number of benzene rings is 1. The monoisotopic (exact) mass is 302 g/mol. The molecule has 0 aliphatic heterocycles. The third-order valence-corrected chi connectivity index (χ3v) is 4.18. The first-order valence-electron chi connectivity index (χ1n) is 7.04. The minimum atomic E-state index is 0.416. The lowest BCUT2D eigenvalue weighted by atomic mass is 10.1. The lowest BCUT2D eigenvalue weighted by molar-refractivity contribution is 0.821. The van der Waals surface area contributed by atoms with Crippen LogP contribution in [-0.4, -0.2) is 10.9 Å². The van der Waals surface area contributed by atoms with Crippen LogP contribution in [0.5, 0.6) is 0 Å². The molecule has 0 bridgehead atoms. The van der Waals surface area contributed by atoms with Gasteiger partial charge in [0, 0.05) is 11.1 Å². The number of thiazole rings is 1. The van der Waals surface area contributed by atoms with Gasteiger partial charge in [0.25, 0.3) is 0 Å². The van der Waals surface area contributed by atoms with E-state index in [9.17, 15) is 0 Å². The van der Waals surface area contributed by atoms with Crippen molar-refractivity contribution in [1.29, 1.82) is 0 Å². The van der Waals surface area contributed by atoms with Crippen molar-refractivity contribution in [3.63, 3.8) is 0 Å². The molecule has 0 unspecified atom stereocenters. The average molecular weight is 302 g/mol. The summed E-state index contributed by atoms with van der Waals surface area (Å²) in [5.74, 6) is 0.865. The van der Waals surface area contributed by atoms with Gasteiger partial charge in [-0.1, -0.05) is 19.9 Å². The standard InChI is InChI=1S/C16H22N4S/c1-10(2)14-9-21-15(20-14)8-18-16(17)19-13-6-5-11(3)12(4)7-13/h5-7,9-10H,8H2,1-4H3,(H3,17,18,19). The molecule has 1 aromatic heterocycles. The number of aryl methyl sites for hydroxylation is 2. The SMILES string of the molecule is Cc1ccc(NC(N)=NCc2nc(C(C)C)cs2)cc1C. The van der Waals surface area contributed by atoms with Crippen molar-refractivity contribution in [2.24, 2.45) is 10.7 Å². The van der Waals surface area contributed by atoms with Crippen LogP contribution < -0.4 is 11.1 Å². The molecule has 0 aliphatic carbocycles. The number of aliphatic imine (C=N–C) groups is 1. The third-order valence-electron chi connectivity index (χ3n) is 3.33. The summed E-state index contributed by atoms with van der Waals surface area (Å²) in [5.41, 5.74) is 10.5. The van der Waals surface area contributed by atoms with E-state index < -0.39 is 0 Å². The number of guanidine groups is 1. The molecular formula is C16H22N4S. The Morgan fingerprint density at radius 2 is 2.10 bits per heavy atom. The van der Waals surface area contributed by atoms with Gasteiger partial charge in [-0.25, -0.2) is 9.98 Å². The lowest BCUT2D eigenvalue weighted by Gasteiger charge is -2.07. The summed E-state index contributed by atoms with van der Waals surface area (Å²) in [6.07, 6.45) is 0. The Balaban J connectivity index is 1.98. The predicted molar refractivity (Wildman–Crippen MR) is 91.1 cm³/mol. The van der Waals surface area contributed by atoms with Crippen LogP contribution in [0.4, 0.5) is 5.69 Å². The molecule has 0 aliphatic rings. The van der Waals surface area contributed by atoms with Crippen molar-refractivity contribution in [1.82, 2.24) is 4.98 Å². The molecule has 112 valence electrons. The van der Waals surface area contributed by atoms with Crippen LogP contribution in [0.3, 0.4) is 0 Å². The molecule has 4 nitrogen and oxygen atoms in total. The number of aromatic nitrogens is 1. The van der Waals surface area contributed by atoms with Gasteiger partial charge in [0.05, 0.1) is 12.2 Å². The number of nitrogens with zero attached hydrogens (tertiary/aromatic N) is 2. The van der Waals surface area contributed by atoms with Crippen molar-refractivity contribution < 1.29 is 0 Å². The minimum Gasteiger partial charge on any atom is -0.370 e. The normalized spacial score (nSPS) is 12.0. The second-order valence-electron chi connectivity index (χ2n) is 5.45. The van der Waals surface area contributed by atoms with Crippen molar-refractivity contribution in [2.45, 2.75) is 40.2 Å². The quantitative estimate of drug-likeness (QED) is 0.667. The maximum Gasteiger partial charge on any atom is 0.193 e. The molecule has 0 spiro atoms. The number of rotatable bonds is 4. The zero-order chi connectivity index (χ0) is 15.4. The fourth-order valence-electron chi connectivity index (χ4n) is 1.82. The third kappa shape index (κ3) is 4.29. The fraction of sp³-hybridized carbons (Fsp3) is 0.375. The first-order chi connectivity index (χ1) is 9.95. The van der Waals surface area contributed by atoms with E-state index >= 15 is 0 Å². The number of hydrogen-bond donors (Lipinski definition) is 2. The van der Waals surface area contributed by atoms with Crippen LogP contribution in [-0.2, 0) is 6.54 Å². The van der Waals surface area contributed by atoms with Crippen LogP contribution in [0.1, 0.15) is 41.6 Å². The zero-order valence-electron chi connectivity index (χ0n) is 13.0. The Hall–Kier alpha value is -1.88. The molecule has 1 heterocycles. The van der Waals surface area contributed by atoms with Gasteiger partial charge in [-0.15, -0.1) is 11.3 Å². The van der Waals surface area contributed by atoms with Gasteiger partial charge in [-0.05, 0) is 43.0 Å². The summed E-state index contributed by atoms with van der Waals surface area (Å²) >= 11 is 1.63. The lowest BCUT2D eigenvalue weighted by Crippen LogP contribution is -2.22. The van der Waals surface area contributed by atoms with E-state index in [0.717, 1.165) is 16.4 Å². The van der Waals surface area contributed by atoms with E-state index in [-0.39, 0.29) is 0 Å². The van der Waals surface area contributed by atoms with E-state index in [0.29, 0.717) is 18.4 Å². The van der Waals surface area contributed by atoms with Gasteiger partial charge in [-0.3, -0.25) is 0 Å². The number of nitrogens with two attached hydrogens (primary N) is 1. The highest BCUT2D eigenvalue weighted by atomic mass is 32.1. The highest BCUT2D eigenvalue weighted by Gasteiger charge is 2.05. The Morgan fingerprint density at radius 1 is 1.33 bits per heavy atom. The van der Waals surface area contributed by atoms with Crippen molar-refractivity contribution in [3.05, 3.63) is 45.4 Å². The molecule has 0 amide bonds. The maximum absolute atomic E-state index is 5.92. The Kier molecular flexibility index (Phi) is 4.96. The molecule has 0 radical (unpaired) electrons. The molecule has 1 aromatic carbocycles. The summed E-state index contributed by atoms with van der Waals surface area (Å²) in [4.78, 5) is 8.89. The molecule has 3 N–H and O–H groups in total. The van der Waals surface area contributed by atoms with Crippen LogP contribution in [0.25, 0.3) is 0 Å². The first-order valence-corrected chi connectivity index (χ1v) is 7.92. The molecule has 0 atom stereocenters. The highest BCUT2D eigenvalue weighted by Crippen LogP contribution is 2.18. The average Bonchev–Trinajstić information content (AvgIpc) is 2.90. The molecular weight excluding hydrogens is 280 g/mol. The van der Waals surface area contributed by atoms with Gasteiger partial charge < -0.3 is 11.1 Å². The summed E-state index contributed by atoms with van der Waals surface area (Å²) in [7, 11) is 0. The molecule has 5 heteroatoms. The van der Waals surface area contributed by atoms with E-state index in [1.165, 1.54) is 11.1 Å². The minimum absolute atomic E-state index is 0.416.